The maximum atomic E-state index is 12.6. The van der Waals surface area contributed by atoms with Crippen LogP contribution in [-0.4, -0.2) is 70.3 Å². The molecule has 3 rings (SSSR count). The third-order valence-corrected chi connectivity index (χ3v) is 5.93. The summed E-state index contributed by atoms with van der Waals surface area (Å²) in [6, 6.07) is 6.54. The van der Waals surface area contributed by atoms with Crippen LogP contribution >= 0.6 is 0 Å². The molecule has 1 aromatic rings. The van der Waals surface area contributed by atoms with Gasteiger partial charge in [-0.05, 0) is 37.1 Å². The molecule has 0 radical (unpaired) electrons. The number of aryl methyl sites for hydroxylation is 2. The Labute approximate surface area is 167 Å². The van der Waals surface area contributed by atoms with Crippen LogP contribution in [0.2, 0.25) is 0 Å². The average Bonchev–Trinajstić information content (AvgIpc) is 2.61. The summed E-state index contributed by atoms with van der Waals surface area (Å²) in [6.45, 7) is 10.1. The van der Waals surface area contributed by atoms with Crippen molar-refractivity contribution in [1.82, 2.24) is 14.7 Å². The van der Waals surface area contributed by atoms with Gasteiger partial charge in [0, 0.05) is 5.56 Å². The zero-order chi connectivity index (χ0) is 18.5. The Morgan fingerprint density at radius 1 is 1.04 bits per heavy atom. The Kier molecular flexibility index (Phi) is 6.61. The summed E-state index contributed by atoms with van der Waals surface area (Å²) < 4.78 is 2.11. The van der Waals surface area contributed by atoms with Crippen LogP contribution in [0.15, 0.2) is 42.6 Å². The Morgan fingerprint density at radius 3 is 2.42 bits per heavy atom. The summed E-state index contributed by atoms with van der Waals surface area (Å²) in [5.74, 6) is 0.173. The zero-order valence-corrected chi connectivity index (χ0v) is 18.5. The number of hydrogen-bond acceptors (Lipinski definition) is 3. The molecule has 2 aliphatic heterocycles. The van der Waals surface area contributed by atoms with E-state index in [-0.39, 0.29) is 5.91 Å². The fraction of sp³-hybridized carbons (Fsp3) is 0.429. The molecular formula is C21H27N3OW. The molecule has 0 N–H and O–H groups in total. The van der Waals surface area contributed by atoms with Gasteiger partial charge in [-0.2, -0.15) is 0 Å². The maximum Gasteiger partial charge on any atom is -0.0395 e. The van der Waals surface area contributed by atoms with Crippen LogP contribution in [-0.2, 0) is 19.4 Å². The van der Waals surface area contributed by atoms with Crippen molar-refractivity contribution < 1.29 is 24.1 Å². The van der Waals surface area contributed by atoms with Crippen molar-refractivity contribution in [3.05, 3.63) is 59.3 Å². The first-order chi connectivity index (χ1) is 12.6. The molecule has 0 atom stereocenters. The van der Waals surface area contributed by atoms with E-state index >= 15 is 0 Å². The van der Waals surface area contributed by atoms with Crippen molar-refractivity contribution in [2.75, 3.05) is 39.3 Å². The fourth-order valence-electron chi connectivity index (χ4n) is 3.44. The van der Waals surface area contributed by atoms with E-state index in [1.165, 1.54) is 30.5 Å². The fourth-order valence-corrected chi connectivity index (χ4v) is 3.77. The van der Waals surface area contributed by atoms with E-state index in [2.05, 4.69) is 52.5 Å². The first kappa shape index (κ1) is 19.3. The summed E-state index contributed by atoms with van der Waals surface area (Å²) in [5.41, 5.74) is 3.24. The Morgan fingerprint density at radius 2 is 1.77 bits per heavy atom. The molecule has 4 nitrogen and oxygen atoms in total. The first-order valence-electron chi connectivity index (χ1n) is 9.22. The first-order valence-corrected chi connectivity index (χ1v) is 10.9. The van der Waals surface area contributed by atoms with E-state index < -0.39 is 0 Å². The van der Waals surface area contributed by atoms with E-state index in [4.69, 9.17) is 0 Å². The molecule has 2 heterocycles. The summed E-state index contributed by atoms with van der Waals surface area (Å²) >= 11 is 1.48. The van der Waals surface area contributed by atoms with Crippen LogP contribution in [0.3, 0.4) is 0 Å². The Hall–Kier alpha value is -1.51. The van der Waals surface area contributed by atoms with Crippen LogP contribution in [0.4, 0.5) is 0 Å². The van der Waals surface area contributed by atoms with Gasteiger partial charge >= 0.3 is 108 Å². The smallest absolute Gasteiger partial charge is 0.0395 e. The molecule has 1 aromatic carbocycles. The van der Waals surface area contributed by atoms with Gasteiger partial charge in [0.05, 0.1) is 0 Å². The van der Waals surface area contributed by atoms with Crippen molar-refractivity contribution in [2.24, 2.45) is 0 Å². The van der Waals surface area contributed by atoms with Gasteiger partial charge in [0.2, 0.25) is 0 Å². The topological polar surface area (TPSA) is 26.8 Å². The van der Waals surface area contributed by atoms with E-state index in [9.17, 15) is 4.79 Å². The minimum atomic E-state index is 0.173. The largest absolute Gasteiger partial charge is 0.0474 e. The van der Waals surface area contributed by atoms with Gasteiger partial charge in [0.15, 0.2) is 0 Å². The molecular weight excluding hydrogens is 494 g/mol. The zero-order valence-electron chi connectivity index (χ0n) is 15.6. The number of amides is 1. The van der Waals surface area contributed by atoms with Gasteiger partial charge in [-0.3, -0.25) is 4.79 Å². The number of likely N-dealkylation sites (tertiary alicyclic amines) is 1. The Bertz CT molecular complexity index is 714. The standard InChI is InChI=1S/C21H27N3O.W/c1-4-5-6-9-22-10-12-23(13-11-22)20-15-24(16-20)21(25)19-8-7-17(2)18(3)14-19;/h1,4-9,14,20H,10-13,15-16H2,2-3H3;/b5-4-,9-6?;. The van der Waals surface area contributed by atoms with Gasteiger partial charge in [0.25, 0.3) is 5.91 Å². The minimum Gasteiger partial charge on any atom is -0.0474 e. The average molecular weight is 521 g/mol. The van der Waals surface area contributed by atoms with Crippen molar-refractivity contribution in [1.29, 1.82) is 0 Å². The van der Waals surface area contributed by atoms with Crippen LogP contribution in [0.25, 0.3) is 0 Å². The SMILES string of the molecule is Cc1ccc(C(=O)N2CC(N3CCN(C=C/C=C\[CH]=[W])CC3)C2)cc1C. The summed E-state index contributed by atoms with van der Waals surface area (Å²) in [7, 11) is 0. The number of nitrogens with zero attached hydrogens (tertiary/aromatic N) is 3. The summed E-state index contributed by atoms with van der Waals surface area (Å²) in [4.78, 5) is 19.5. The van der Waals surface area contributed by atoms with Crippen LogP contribution in [0, 0.1) is 13.8 Å². The van der Waals surface area contributed by atoms with E-state index in [1.54, 1.807) is 0 Å². The van der Waals surface area contributed by atoms with Gasteiger partial charge in [-0.25, -0.2) is 0 Å². The second-order valence-corrected chi connectivity index (χ2v) is 8.08. The number of carbonyl (C=O) groups is 1. The third-order valence-electron chi connectivity index (χ3n) is 5.37. The number of rotatable bonds is 5. The summed E-state index contributed by atoms with van der Waals surface area (Å²) in [6.07, 6.45) is 8.46. The van der Waals surface area contributed by atoms with E-state index in [0.29, 0.717) is 6.04 Å². The molecule has 26 heavy (non-hydrogen) atoms. The second kappa shape index (κ2) is 8.92. The molecule has 0 spiro atoms. The van der Waals surface area contributed by atoms with Gasteiger partial charge < -0.3 is 0 Å². The molecule has 0 aromatic heterocycles. The number of carbonyl (C=O) groups excluding carboxylic acids is 1. The summed E-state index contributed by atoms with van der Waals surface area (Å²) in [5, 5.41) is 0. The number of benzene rings is 1. The monoisotopic (exact) mass is 521 g/mol. The number of hydrogen-bond donors (Lipinski definition) is 0. The minimum absolute atomic E-state index is 0.173. The van der Waals surface area contributed by atoms with Crippen molar-refractivity contribution >= 4 is 10.3 Å². The van der Waals surface area contributed by atoms with Crippen molar-refractivity contribution in [2.45, 2.75) is 19.9 Å². The van der Waals surface area contributed by atoms with Gasteiger partial charge in [-0.1, -0.05) is 6.07 Å². The number of allylic oxidation sites excluding steroid dienone is 3. The van der Waals surface area contributed by atoms with Crippen LogP contribution in [0.1, 0.15) is 21.5 Å². The maximum absolute atomic E-state index is 12.6. The normalized spacial score (nSPS) is 19.3. The van der Waals surface area contributed by atoms with E-state index in [0.717, 1.165) is 44.8 Å². The third kappa shape index (κ3) is 4.60. The molecule has 0 bridgehead atoms. The predicted molar refractivity (Wildman–Crippen MR) is 103 cm³/mol. The Balaban J connectivity index is 1.45. The van der Waals surface area contributed by atoms with Gasteiger partial charge in [-0.15, -0.1) is 0 Å². The molecule has 2 aliphatic rings. The molecule has 2 saturated heterocycles. The molecule has 2 fully saturated rings. The molecule has 138 valence electrons. The van der Waals surface area contributed by atoms with Crippen LogP contribution < -0.4 is 0 Å². The second-order valence-electron chi connectivity index (χ2n) is 7.10. The van der Waals surface area contributed by atoms with Crippen molar-refractivity contribution in [3.63, 3.8) is 0 Å². The molecule has 0 aliphatic carbocycles. The molecule has 5 heteroatoms. The quantitative estimate of drug-likeness (QED) is 0.557. The molecule has 1 amide bonds. The molecule has 0 saturated carbocycles. The van der Waals surface area contributed by atoms with Gasteiger partial charge in [0.1, 0.15) is 0 Å². The molecule has 0 unspecified atom stereocenters. The number of piperazine rings is 1. The predicted octanol–water partition coefficient (Wildman–Crippen LogP) is 2.16. The van der Waals surface area contributed by atoms with E-state index in [1.807, 2.05) is 23.1 Å². The van der Waals surface area contributed by atoms with Crippen molar-refractivity contribution in [3.8, 4) is 0 Å². The van der Waals surface area contributed by atoms with Crippen LogP contribution in [0.5, 0.6) is 0 Å².